The molecule has 1 N–H and O–H groups in total. The fourth-order valence-electron chi connectivity index (χ4n) is 2.01. The van der Waals surface area contributed by atoms with Crippen LogP contribution in [0.2, 0.25) is 0 Å². The van der Waals surface area contributed by atoms with Gasteiger partial charge >= 0.3 is 5.97 Å². The van der Waals surface area contributed by atoms with Gasteiger partial charge in [0.2, 0.25) is 0 Å². The number of aryl methyl sites for hydroxylation is 1. The van der Waals surface area contributed by atoms with E-state index in [4.69, 9.17) is 10.4 Å². The summed E-state index contributed by atoms with van der Waals surface area (Å²) in [6, 6.07) is 6.96. The molecule has 0 aliphatic heterocycles. The summed E-state index contributed by atoms with van der Waals surface area (Å²) in [5.74, 6) is -1.85. The topological polar surface area (TPSA) is 83.1 Å². The molecule has 6 heteroatoms. The van der Waals surface area contributed by atoms with Gasteiger partial charge in [-0.05, 0) is 30.7 Å². The highest BCUT2D eigenvalue weighted by atomic mass is 19.1. The minimum Gasteiger partial charge on any atom is -0.477 e. The summed E-state index contributed by atoms with van der Waals surface area (Å²) in [5, 5.41) is 17.8. The van der Waals surface area contributed by atoms with Crippen LogP contribution < -0.4 is 5.43 Å². The predicted octanol–water partition coefficient (Wildman–Crippen LogP) is 1.91. The van der Waals surface area contributed by atoms with Crippen molar-refractivity contribution in [3.63, 3.8) is 0 Å². The Morgan fingerprint density at radius 1 is 1.38 bits per heavy atom. The number of aromatic carboxylic acids is 1. The third kappa shape index (κ3) is 3.15. The first-order valence-electron chi connectivity index (χ1n) is 6.04. The minimum absolute atomic E-state index is 0.166. The van der Waals surface area contributed by atoms with E-state index in [-0.39, 0.29) is 17.7 Å². The summed E-state index contributed by atoms with van der Waals surface area (Å²) in [4.78, 5) is 22.5. The van der Waals surface area contributed by atoms with Crippen molar-refractivity contribution in [2.75, 3.05) is 0 Å². The highest BCUT2D eigenvalue weighted by molar-refractivity contribution is 5.87. The Labute approximate surface area is 119 Å². The van der Waals surface area contributed by atoms with E-state index in [0.29, 0.717) is 11.3 Å². The van der Waals surface area contributed by atoms with Crippen molar-refractivity contribution in [2.45, 2.75) is 13.5 Å². The summed E-state index contributed by atoms with van der Waals surface area (Å²) in [6.07, 6.45) is 1.22. The maximum atomic E-state index is 13.4. The number of hydrogen-bond donors (Lipinski definition) is 1. The molecule has 0 fully saturated rings. The highest BCUT2D eigenvalue weighted by Gasteiger charge is 2.11. The van der Waals surface area contributed by atoms with E-state index in [2.05, 4.69) is 0 Å². The maximum absolute atomic E-state index is 13.4. The van der Waals surface area contributed by atoms with Crippen molar-refractivity contribution in [3.05, 3.63) is 68.9 Å². The van der Waals surface area contributed by atoms with Crippen molar-refractivity contribution in [3.8, 4) is 6.07 Å². The van der Waals surface area contributed by atoms with Crippen LogP contribution in [0.5, 0.6) is 0 Å². The van der Waals surface area contributed by atoms with Gasteiger partial charge in [0.25, 0.3) is 0 Å². The van der Waals surface area contributed by atoms with Crippen LogP contribution in [0.25, 0.3) is 0 Å². The molecule has 21 heavy (non-hydrogen) atoms. The van der Waals surface area contributed by atoms with Crippen molar-refractivity contribution in [2.24, 2.45) is 0 Å². The van der Waals surface area contributed by atoms with Gasteiger partial charge in [-0.3, -0.25) is 4.79 Å². The number of benzene rings is 1. The number of carboxylic acid groups (broad SMARTS) is 1. The number of nitriles is 1. The van der Waals surface area contributed by atoms with Crippen molar-refractivity contribution in [1.29, 1.82) is 5.26 Å². The summed E-state index contributed by atoms with van der Waals surface area (Å²) >= 11 is 0. The second-order valence-corrected chi connectivity index (χ2v) is 4.59. The van der Waals surface area contributed by atoms with Crippen LogP contribution in [0.15, 0.2) is 35.3 Å². The van der Waals surface area contributed by atoms with Gasteiger partial charge in [-0.1, -0.05) is 0 Å². The van der Waals surface area contributed by atoms with Crippen molar-refractivity contribution < 1.29 is 14.3 Å². The molecule has 2 aromatic rings. The monoisotopic (exact) mass is 286 g/mol. The molecule has 1 heterocycles. The normalized spacial score (nSPS) is 10.1. The molecule has 0 atom stereocenters. The molecule has 0 saturated heterocycles. The molecule has 0 radical (unpaired) electrons. The van der Waals surface area contributed by atoms with Crippen LogP contribution >= 0.6 is 0 Å². The maximum Gasteiger partial charge on any atom is 0.341 e. The largest absolute Gasteiger partial charge is 0.477 e. The second-order valence-electron chi connectivity index (χ2n) is 4.59. The number of pyridine rings is 1. The number of carbonyl (C=O) groups is 1. The summed E-state index contributed by atoms with van der Waals surface area (Å²) in [5.41, 5.74) is 0.315. The van der Waals surface area contributed by atoms with Crippen LogP contribution in [0.1, 0.15) is 27.2 Å². The molecule has 0 amide bonds. The fraction of sp³-hybridized carbons (Fsp3) is 0.133. The van der Waals surface area contributed by atoms with Gasteiger partial charge in [-0.15, -0.1) is 0 Å². The molecule has 0 unspecified atom stereocenters. The van der Waals surface area contributed by atoms with Crippen LogP contribution in [0.3, 0.4) is 0 Å². The lowest BCUT2D eigenvalue weighted by Crippen LogP contribution is -2.19. The molecule has 0 aliphatic carbocycles. The van der Waals surface area contributed by atoms with Gasteiger partial charge in [0.15, 0.2) is 5.43 Å². The van der Waals surface area contributed by atoms with Crippen molar-refractivity contribution in [1.82, 2.24) is 4.57 Å². The van der Waals surface area contributed by atoms with Gasteiger partial charge in [-0.25, -0.2) is 9.18 Å². The molecule has 2 rings (SSSR count). The second kappa shape index (κ2) is 5.59. The fourth-order valence-corrected chi connectivity index (χ4v) is 2.01. The average Bonchev–Trinajstić information content (AvgIpc) is 2.40. The first kappa shape index (κ1) is 14.5. The molecule has 0 spiro atoms. The summed E-state index contributed by atoms with van der Waals surface area (Å²) < 4.78 is 14.9. The Hall–Kier alpha value is -2.94. The van der Waals surface area contributed by atoms with Crippen molar-refractivity contribution >= 4 is 5.97 Å². The zero-order valence-corrected chi connectivity index (χ0v) is 11.1. The first-order chi connectivity index (χ1) is 9.90. The standard InChI is InChI=1S/C15H11FN2O3/c1-9-2-14(19)13(15(20)21)8-18(9)7-11-3-10(6-17)4-12(16)5-11/h2-5,8H,7H2,1H3,(H,20,21). The summed E-state index contributed by atoms with van der Waals surface area (Å²) in [7, 11) is 0. The van der Waals surface area contributed by atoms with E-state index in [9.17, 15) is 14.0 Å². The zero-order valence-electron chi connectivity index (χ0n) is 11.1. The zero-order chi connectivity index (χ0) is 15.6. The minimum atomic E-state index is -1.31. The Kier molecular flexibility index (Phi) is 3.85. The van der Waals surface area contributed by atoms with Crippen LogP contribution in [0.4, 0.5) is 4.39 Å². The summed E-state index contributed by atoms with van der Waals surface area (Å²) in [6.45, 7) is 1.82. The Balaban J connectivity index is 2.47. The van der Waals surface area contributed by atoms with E-state index in [1.165, 1.54) is 29.0 Å². The van der Waals surface area contributed by atoms with Gasteiger partial charge in [0.05, 0.1) is 11.6 Å². The van der Waals surface area contributed by atoms with E-state index in [1.807, 2.05) is 6.07 Å². The molecule has 0 aliphatic rings. The molecule has 5 nitrogen and oxygen atoms in total. The van der Waals surface area contributed by atoms with Crippen LogP contribution in [0, 0.1) is 24.1 Å². The van der Waals surface area contributed by atoms with Crippen LogP contribution in [-0.4, -0.2) is 15.6 Å². The molecule has 1 aromatic heterocycles. The number of carboxylic acids is 1. The van der Waals surface area contributed by atoms with Gasteiger partial charge in [0.1, 0.15) is 11.4 Å². The number of halogens is 1. The lowest BCUT2D eigenvalue weighted by Gasteiger charge is -2.12. The lowest BCUT2D eigenvalue weighted by atomic mass is 10.1. The smallest absolute Gasteiger partial charge is 0.341 e. The molecule has 106 valence electrons. The first-order valence-corrected chi connectivity index (χ1v) is 6.04. The van der Waals surface area contributed by atoms with Crippen LogP contribution in [-0.2, 0) is 6.54 Å². The highest BCUT2D eigenvalue weighted by Crippen LogP contribution is 2.11. The van der Waals surface area contributed by atoms with E-state index >= 15 is 0 Å². The predicted molar refractivity (Wildman–Crippen MR) is 72.6 cm³/mol. The van der Waals surface area contributed by atoms with E-state index in [1.54, 1.807) is 6.92 Å². The molecule has 0 bridgehead atoms. The molecular formula is C15H11FN2O3. The quantitative estimate of drug-likeness (QED) is 0.934. The molecule has 1 aromatic carbocycles. The van der Waals surface area contributed by atoms with Gasteiger partial charge in [-0.2, -0.15) is 5.26 Å². The SMILES string of the molecule is Cc1cc(=O)c(C(=O)O)cn1Cc1cc(F)cc(C#N)c1. The number of nitrogens with zero attached hydrogens (tertiary/aromatic N) is 2. The van der Waals surface area contributed by atoms with E-state index in [0.717, 1.165) is 6.07 Å². The Morgan fingerprint density at radius 3 is 2.71 bits per heavy atom. The third-order valence-corrected chi connectivity index (χ3v) is 3.01. The van der Waals surface area contributed by atoms with E-state index < -0.39 is 17.2 Å². The number of rotatable bonds is 3. The molecule has 0 saturated carbocycles. The average molecular weight is 286 g/mol. The lowest BCUT2D eigenvalue weighted by molar-refractivity contribution is 0.0694. The van der Waals surface area contributed by atoms with Gasteiger partial charge < -0.3 is 9.67 Å². The van der Waals surface area contributed by atoms with Gasteiger partial charge in [0, 0.05) is 24.5 Å². The molecular weight excluding hydrogens is 275 g/mol. The number of aromatic nitrogens is 1. The Bertz CT molecular complexity index is 819. The third-order valence-electron chi connectivity index (χ3n) is 3.01. The Morgan fingerprint density at radius 2 is 2.10 bits per heavy atom. The number of hydrogen-bond acceptors (Lipinski definition) is 3.